The molecule has 0 aliphatic carbocycles. The van der Waals surface area contributed by atoms with Crippen LogP contribution in [0.5, 0.6) is 0 Å². The second kappa shape index (κ2) is 6.15. The normalized spacial score (nSPS) is 20.4. The molecule has 1 aliphatic rings. The van der Waals surface area contributed by atoms with Gasteiger partial charge in [0.2, 0.25) is 0 Å². The summed E-state index contributed by atoms with van der Waals surface area (Å²) in [5.74, 6) is -1.10. The van der Waals surface area contributed by atoms with Crippen LogP contribution in [0.3, 0.4) is 0 Å². The first kappa shape index (κ1) is 14.0. The van der Waals surface area contributed by atoms with Crippen LogP contribution in [-0.2, 0) is 11.2 Å². The van der Waals surface area contributed by atoms with Gasteiger partial charge in [0.1, 0.15) is 5.82 Å². The molecule has 0 amide bonds. The summed E-state index contributed by atoms with van der Waals surface area (Å²) < 4.78 is 13.2. The molecule has 1 atom stereocenters. The number of likely N-dealkylation sites (tertiary alicyclic amines) is 1. The number of hydrogen-bond donors (Lipinski definition) is 1. The molecule has 1 fully saturated rings. The van der Waals surface area contributed by atoms with Crippen molar-refractivity contribution in [2.24, 2.45) is 5.92 Å². The van der Waals surface area contributed by atoms with Gasteiger partial charge in [0.05, 0.1) is 5.92 Å². The predicted molar refractivity (Wildman–Crippen MR) is 71.6 cm³/mol. The van der Waals surface area contributed by atoms with Crippen LogP contribution in [0.25, 0.3) is 0 Å². The van der Waals surface area contributed by atoms with Crippen molar-refractivity contribution >= 4 is 5.97 Å². The van der Waals surface area contributed by atoms with Crippen molar-refractivity contribution in [1.82, 2.24) is 4.90 Å². The highest BCUT2D eigenvalue weighted by Crippen LogP contribution is 2.17. The minimum atomic E-state index is -0.692. The first-order valence-corrected chi connectivity index (χ1v) is 6.76. The highest BCUT2D eigenvalue weighted by molar-refractivity contribution is 5.70. The fourth-order valence-corrected chi connectivity index (χ4v) is 2.61. The van der Waals surface area contributed by atoms with Crippen molar-refractivity contribution in [3.8, 4) is 0 Å². The zero-order chi connectivity index (χ0) is 13.8. The molecule has 1 unspecified atom stereocenters. The van der Waals surface area contributed by atoms with E-state index in [1.54, 1.807) is 13.0 Å². The Hall–Kier alpha value is -1.42. The molecule has 0 radical (unpaired) electrons. The van der Waals surface area contributed by atoms with E-state index >= 15 is 0 Å². The van der Waals surface area contributed by atoms with E-state index in [4.69, 9.17) is 5.11 Å². The van der Waals surface area contributed by atoms with Crippen LogP contribution in [0, 0.1) is 18.7 Å². The zero-order valence-corrected chi connectivity index (χ0v) is 11.2. The number of carbonyl (C=O) groups is 1. The van der Waals surface area contributed by atoms with E-state index in [0.717, 1.165) is 37.9 Å². The van der Waals surface area contributed by atoms with E-state index in [1.165, 1.54) is 6.07 Å². The molecule has 1 aromatic carbocycles. The van der Waals surface area contributed by atoms with Crippen LogP contribution in [-0.4, -0.2) is 35.6 Å². The molecule has 0 aromatic heterocycles. The number of rotatable bonds is 4. The maximum absolute atomic E-state index is 13.2. The Kier molecular flexibility index (Phi) is 4.53. The van der Waals surface area contributed by atoms with Gasteiger partial charge in [-0.05, 0) is 49.9 Å². The van der Waals surface area contributed by atoms with Crippen LogP contribution in [0.2, 0.25) is 0 Å². The molecule has 1 aliphatic heterocycles. The molecule has 4 heteroatoms. The van der Waals surface area contributed by atoms with Crippen LogP contribution >= 0.6 is 0 Å². The smallest absolute Gasteiger partial charge is 0.307 e. The van der Waals surface area contributed by atoms with Gasteiger partial charge >= 0.3 is 5.97 Å². The molecular formula is C15H20FNO2. The molecule has 1 saturated heterocycles. The van der Waals surface area contributed by atoms with Crippen LogP contribution in [0.1, 0.15) is 24.0 Å². The topological polar surface area (TPSA) is 40.5 Å². The van der Waals surface area contributed by atoms with Crippen LogP contribution in [0.15, 0.2) is 18.2 Å². The predicted octanol–water partition coefficient (Wildman–Crippen LogP) is 2.47. The van der Waals surface area contributed by atoms with Gasteiger partial charge in [-0.25, -0.2) is 4.39 Å². The van der Waals surface area contributed by atoms with E-state index in [-0.39, 0.29) is 11.7 Å². The summed E-state index contributed by atoms with van der Waals surface area (Å²) in [6, 6.07) is 5.18. The van der Waals surface area contributed by atoms with Gasteiger partial charge in [0.25, 0.3) is 0 Å². The Balaban J connectivity index is 1.87. The summed E-state index contributed by atoms with van der Waals surface area (Å²) in [5, 5.41) is 9.04. The zero-order valence-electron chi connectivity index (χ0n) is 11.2. The molecular weight excluding hydrogens is 245 g/mol. The lowest BCUT2D eigenvalue weighted by Crippen LogP contribution is -2.39. The number of carboxylic acids is 1. The first-order valence-electron chi connectivity index (χ1n) is 6.76. The standard InChI is InChI=1S/C15H20FNO2/c1-11-9-12(4-5-14(11)16)6-8-17-7-2-3-13(10-17)15(18)19/h4-5,9,13H,2-3,6-8,10H2,1H3,(H,18,19). The van der Waals surface area contributed by atoms with E-state index in [1.807, 2.05) is 6.07 Å². The third-order valence-corrected chi connectivity index (χ3v) is 3.79. The number of halogens is 1. The summed E-state index contributed by atoms with van der Waals surface area (Å²) in [5.41, 5.74) is 1.77. The maximum atomic E-state index is 13.2. The highest BCUT2D eigenvalue weighted by Gasteiger charge is 2.24. The Morgan fingerprint density at radius 2 is 2.32 bits per heavy atom. The van der Waals surface area contributed by atoms with Crippen molar-refractivity contribution in [3.05, 3.63) is 35.1 Å². The fourth-order valence-electron chi connectivity index (χ4n) is 2.61. The lowest BCUT2D eigenvalue weighted by atomic mass is 9.98. The number of piperidine rings is 1. The first-order chi connectivity index (χ1) is 9.06. The monoisotopic (exact) mass is 265 g/mol. The molecule has 1 aromatic rings. The molecule has 0 spiro atoms. The molecule has 104 valence electrons. The summed E-state index contributed by atoms with van der Waals surface area (Å²) >= 11 is 0. The van der Waals surface area contributed by atoms with Gasteiger partial charge in [-0.2, -0.15) is 0 Å². The van der Waals surface area contributed by atoms with Gasteiger partial charge in [-0.3, -0.25) is 4.79 Å². The van der Waals surface area contributed by atoms with Crippen molar-refractivity contribution in [2.75, 3.05) is 19.6 Å². The SMILES string of the molecule is Cc1cc(CCN2CCCC(C(=O)O)C2)ccc1F. The quantitative estimate of drug-likeness (QED) is 0.909. The molecule has 3 nitrogen and oxygen atoms in total. The third kappa shape index (κ3) is 3.77. The lowest BCUT2D eigenvalue weighted by Gasteiger charge is -2.30. The number of hydrogen-bond acceptors (Lipinski definition) is 2. The van der Waals surface area contributed by atoms with Crippen LogP contribution in [0.4, 0.5) is 4.39 Å². The molecule has 0 bridgehead atoms. The molecule has 19 heavy (non-hydrogen) atoms. The van der Waals surface area contributed by atoms with E-state index < -0.39 is 5.97 Å². The van der Waals surface area contributed by atoms with Gasteiger partial charge in [-0.1, -0.05) is 12.1 Å². The summed E-state index contributed by atoms with van der Waals surface area (Å²) in [6.07, 6.45) is 2.56. The highest BCUT2D eigenvalue weighted by atomic mass is 19.1. The Morgan fingerprint density at radius 1 is 1.53 bits per heavy atom. The van der Waals surface area contributed by atoms with E-state index in [0.29, 0.717) is 12.1 Å². The number of aliphatic carboxylic acids is 1. The number of carboxylic acid groups (broad SMARTS) is 1. The summed E-state index contributed by atoms with van der Waals surface area (Å²) in [6.45, 7) is 4.20. The summed E-state index contributed by atoms with van der Waals surface area (Å²) in [7, 11) is 0. The van der Waals surface area contributed by atoms with Crippen molar-refractivity contribution in [3.63, 3.8) is 0 Å². The maximum Gasteiger partial charge on any atom is 0.307 e. The van der Waals surface area contributed by atoms with Gasteiger partial charge in [0.15, 0.2) is 0 Å². The second-order valence-corrected chi connectivity index (χ2v) is 5.31. The average Bonchev–Trinajstić information content (AvgIpc) is 2.40. The molecule has 1 N–H and O–H groups in total. The number of aryl methyl sites for hydroxylation is 1. The van der Waals surface area contributed by atoms with Gasteiger partial charge in [-0.15, -0.1) is 0 Å². The van der Waals surface area contributed by atoms with Crippen LogP contribution < -0.4 is 0 Å². The molecule has 1 heterocycles. The number of nitrogens with zero attached hydrogens (tertiary/aromatic N) is 1. The molecule has 2 rings (SSSR count). The molecule has 0 saturated carbocycles. The number of benzene rings is 1. The summed E-state index contributed by atoms with van der Waals surface area (Å²) in [4.78, 5) is 13.2. The van der Waals surface area contributed by atoms with Gasteiger partial charge in [0, 0.05) is 13.1 Å². The Morgan fingerprint density at radius 3 is 3.00 bits per heavy atom. The fraction of sp³-hybridized carbons (Fsp3) is 0.533. The second-order valence-electron chi connectivity index (χ2n) is 5.31. The Labute approximate surface area is 113 Å². The average molecular weight is 265 g/mol. The van der Waals surface area contributed by atoms with Crippen molar-refractivity contribution in [1.29, 1.82) is 0 Å². The van der Waals surface area contributed by atoms with E-state index in [2.05, 4.69) is 4.90 Å². The van der Waals surface area contributed by atoms with Crippen molar-refractivity contribution < 1.29 is 14.3 Å². The minimum absolute atomic E-state index is 0.173. The largest absolute Gasteiger partial charge is 0.481 e. The third-order valence-electron chi connectivity index (χ3n) is 3.79. The van der Waals surface area contributed by atoms with Gasteiger partial charge < -0.3 is 10.0 Å². The van der Waals surface area contributed by atoms with Crippen molar-refractivity contribution in [2.45, 2.75) is 26.2 Å². The van der Waals surface area contributed by atoms with E-state index in [9.17, 15) is 9.18 Å². The lowest BCUT2D eigenvalue weighted by molar-refractivity contribution is -0.143. The minimum Gasteiger partial charge on any atom is -0.481 e. The Bertz CT molecular complexity index is 461.